The Hall–Kier alpha value is -3.39. The highest BCUT2D eigenvalue weighted by Gasteiger charge is 2.44. The lowest BCUT2D eigenvalue weighted by Gasteiger charge is -2.17. The summed E-state index contributed by atoms with van der Waals surface area (Å²) < 4.78 is 22.9. The summed E-state index contributed by atoms with van der Waals surface area (Å²) >= 11 is 0. The third-order valence-corrected chi connectivity index (χ3v) is 5.51. The molecular weight excluding hydrogens is 438 g/mol. The largest absolute Gasteiger partial charge is 0.504 e. The van der Waals surface area contributed by atoms with Crippen LogP contribution in [0.25, 0.3) is 11.2 Å². The summed E-state index contributed by atoms with van der Waals surface area (Å²) in [5.74, 6) is 1.05. The number of anilines is 1. The summed E-state index contributed by atoms with van der Waals surface area (Å²) in [6.45, 7) is -0.345. The van der Waals surface area contributed by atoms with E-state index in [1.54, 1.807) is 6.07 Å². The summed E-state index contributed by atoms with van der Waals surface area (Å²) in [6, 6.07) is 1.60. The molecule has 4 atom stereocenters. The molecule has 1 aliphatic rings. The number of phenolic OH excluding ortho intramolecular Hbond substituents is 1. The van der Waals surface area contributed by atoms with E-state index in [0.717, 1.165) is 0 Å². The van der Waals surface area contributed by atoms with Crippen LogP contribution >= 0.6 is 0 Å². The van der Waals surface area contributed by atoms with Crippen LogP contribution in [-0.2, 0) is 11.3 Å². The van der Waals surface area contributed by atoms with E-state index in [1.165, 1.54) is 38.6 Å². The molecule has 0 saturated carbocycles. The molecule has 1 aliphatic heterocycles. The van der Waals surface area contributed by atoms with Crippen LogP contribution in [0.15, 0.2) is 18.7 Å². The summed E-state index contributed by atoms with van der Waals surface area (Å²) in [6.07, 6.45) is -1.74. The van der Waals surface area contributed by atoms with E-state index < -0.39 is 31.1 Å². The Morgan fingerprint density at radius 2 is 1.82 bits per heavy atom. The number of fused-ring (bicyclic) bond motifs is 1. The van der Waals surface area contributed by atoms with E-state index in [4.69, 9.17) is 18.9 Å². The third-order valence-electron chi connectivity index (χ3n) is 5.51. The van der Waals surface area contributed by atoms with Crippen molar-refractivity contribution in [3.63, 3.8) is 0 Å². The van der Waals surface area contributed by atoms with Gasteiger partial charge >= 0.3 is 0 Å². The lowest BCUT2D eigenvalue weighted by atomic mass is 10.1. The van der Waals surface area contributed by atoms with E-state index in [0.29, 0.717) is 34.0 Å². The van der Waals surface area contributed by atoms with Gasteiger partial charge in [0.15, 0.2) is 34.7 Å². The van der Waals surface area contributed by atoms with Gasteiger partial charge in [0.25, 0.3) is 0 Å². The second kappa shape index (κ2) is 9.23. The van der Waals surface area contributed by atoms with Crippen LogP contribution in [0.5, 0.6) is 23.0 Å². The minimum atomic E-state index is -1.28. The Kier molecular flexibility index (Phi) is 6.37. The van der Waals surface area contributed by atoms with Gasteiger partial charge in [-0.2, -0.15) is 0 Å². The Morgan fingerprint density at radius 3 is 2.45 bits per heavy atom. The summed E-state index contributed by atoms with van der Waals surface area (Å²) in [5, 5.41) is 43.5. The van der Waals surface area contributed by atoms with Crippen molar-refractivity contribution in [3.05, 3.63) is 24.3 Å². The number of methoxy groups -OCH3 is 3. The van der Waals surface area contributed by atoms with Gasteiger partial charge in [-0.15, -0.1) is 0 Å². The van der Waals surface area contributed by atoms with Crippen molar-refractivity contribution in [3.8, 4) is 23.0 Å². The van der Waals surface area contributed by atoms with Gasteiger partial charge in [0.05, 0.1) is 39.8 Å². The van der Waals surface area contributed by atoms with E-state index in [1.807, 2.05) is 0 Å². The molecule has 5 N–H and O–H groups in total. The summed E-state index contributed by atoms with van der Waals surface area (Å²) in [7, 11) is 4.34. The number of benzene rings is 1. The van der Waals surface area contributed by atoms with Crippen LogP contribution in [-0.4, -0.2) is 86.2 Å². The van der Waals surface area contributed by atoms with Gasteiger partial charge in [0, 0.05) is 12.6 Å². The zero-order valence-corrected chi connectivity index (χ0v) is 18.2. The molecule has 1 fully saturated rings. The number of imidazole rings is 1. The van der Waals surface area contributed by atoms with Crippen LogP contribution in [0.3, 0.4) is 0 Å². The molecule has 3 aromatic rings. The van der Waals surface area contributed by atoms with Crippen LogP contribution in [0.2, 0.25) is 0 Å². The van der Waals surface area contributed by atoms with E-state index in [2.05, 4.69) is 20.3 Å². The molecule has 1 aromatic carbocycles. The van der Waals surface area contributed by atoms with Gasteiger partial charge in [-0.25, -0.2) is 15.0 Å². The first kappa shape index (κ1) is 22.8. The fourth-order valence-corrected chi connectivity index (χ4v) is 3.79. The minimum absolute atomic E-state index is 0.0994. The number of aliphatic hydroxyl groups excluding tert-OH is 3. The van der Waals surface area contributed by atoms with Crippen molar-refractivity contribution in [2.45, 2.75) is 31.1 Å². The molecule has 0 spiro atoms. The van der Waals surface area contributed by atoms with Gasteiger partial charge in [-0.3, -0.25) is 4.57 Å². The summed E-state index contributed by atoms with van der Waals surface area (Å²) in [5.41, 5.74) is 1.12. The molecule has 1 saturated heterocycles. The molecule has 13 heteroatoms. The van der Waals surface area contributed by atoms with Crippen LogP contribution in [0, 0.1) is 0 Å². The fraction of sp³-hybridized carbons (Fsp3) is 0.450. The first-order valence-corrected chi connectivity index (χ1v) is 9.99. The number of rotatable bonds is 8. The standard InChI is InChI=1S/C20H25N5O8/c1-30-10-4-11(31-2)17(32-3)14(27)9(10)5-21-18-13-19(23-7-22-18)25(8-24-13)20-16(29)15(28)12(6-26)33-20/h4,7-8,12,15-16,20,26-29H,5-6H2,1-3H3,(H,21,22,23)/t12-,15-,16-,20?/m1/s1. The maximum Gasteiger partial charge on any atom is 0.203 e. The average molecular weight is 463 g/mol. The Balaban J connectivity index is 1.64. The number of ether oxygens (including phenoxy) is 4. The van der Waals surface area contributed by atoms with Crippen LogP contribution in [0.1, 0.15) is 11.8 Å². The lowest BCUT2D eigenvalue weighted by Crippen LogP contribution is -2.33. The number of nitrogens with zero attached hydrogens (tertiary/aromatic N) is 4. The molecule has 2 aromatic heterocycles. The molecule has 0 bridgehead atoms. The first-order chi connectivity index (χ1) is 15.9. The maximum atomic E-state index is 10.7. The minimum Gasteiger partial charge on any atom is -0.504 e. The van der Waals surface area contributed by atoms with Crippen LogP contribution < -0.4 is 19.5 Å². The number of hydrogen-bond donors (Lipinski definition) is 5. The smallest absolute Gasteiger partial charge is 0.203 e. The Bertz CT molecular complexity index is 1140. The first-order valence-electron chi connectivity index (χ1n) is 9.99. The molecule has 3 heterocycles. The molecular formula is C20H25N5O8. The Morgan fingerprint density at radius 1 is 1.06 bits per heavy atom. The van der Waals surface area contributed by atoms with Crippen molar-refractivity contribution in [2.75, 3.05) is 33.3 Å². The van der Waals surface area contributed by atoms with Gasteiger partial charge in [-0.05, 0) is 0 Å². The number of aliphatic hydroxyl groups is 3. The average Bonchev–Trinajstić information content (AvgIpc) is 3.38. The second-order valence-electron chi connectivity index (χ2n) is 7.27. The van der Waals surface area contributed by atoms with Gasteiger partial charge in [0.1, 0.15) is 30.4 Å². The van der Waals surface area contributed by atoms with Crippen molar-refractivity contribution in [2.24, 2.45) is 0 Å². The number of phenols is 1. The maximum absolute atomic E-state index is 10.7. The lowest BCUT2D eigenvalue weighted by molar-refractivity contribution is -0.0511. The Labute approximate surface area is 188 Å². The molecule has 33 heavy (non-hydrogen) atoms. The van der Waals surface area contributed by atoms with Gasteiger partial charge in [0.2, 0.25) is 5.75 Å². The molecule has 1 unspecified atom stereocenters. The molecule has 13 nitrogen and oxygen atoms in total. The van der Waals surface area contributed by atoms with E-state index in [-0.39, 0.29) is 18.0 Å². The fourth-order valence-electron chi connectivity index (χ4n) is 3.79. The molecule has 0 aliphatic carbocycles. The quantitative estimate of drug-likeness (QED) is 0.298. The number of aromatic hydroxyl groups is 1. The predicted molar refractivity (Wildman–Crippen MR) is 113 cm³/mol. The number of hydrogen-bond acceptors (Lipinski definition) is 12. The SMILES string of the molecule is COc1cc(OC)c(OC)c(O)c1CNc1ncnc2c1ncn2C1O[C@H](CO)[C@@H](O)[C@H]1O. The van der Waals surface area contributed by atoms with Crippen molar-refractivity contribution >= 4 is 17.0 Å². The van der Waals surface area contributed by atoms with E-state index >= 15 is 0 Å². The number of nitrogens with one attached hydrogen (secondary N) is 1. The van der Waals surface area contributed by atoms with Crippen LogP contribution in [0.4, 0.5) is 5.82 Å². The predicted octanol–water partition coefficient (Wildman–Crippen LogP) is -0.219. The zero-order chi connectivity index (χ0) is 23.7. The topological polar surface area (TPSA) is 173 Å². The highest BCUT2D eigenvalue weighted by molar-refractivity contribution is 5.82. The zero-order valence-electron chi connectivity index (χ0n) is 18.2. The second-order valence-corrected chi connectivity index (χ2v) is 7.27. The normalized spacial score (nSPS) is 22.5. The number of aromatic nitrogens is 4. The molecule has 0 amide bonds. The highest BCUT2D eigenvalue weighted by atomic mass is 16.6. The van der Waals surface area contributed by atoms with Crippen molar-refractivity contribution in [1.29, 1.82) is 0 Å². The van der Waals surface area contributed by atoms with Crippen molar-refractivity contribution in [1.82, 2.24) is 19.5 Å². The highest BCUT2D eigenvalue weighted by Crippen LogP contribution is 2.44. The third kappa shape index (κ3) is 3.84. The molecule has 178 valence electrons. The van der Waals surface area contributed by atoms with Gasteiger partial charge < -0.3 is 44.7 Å². The summed E-state index contributed by atoms with van der Waals surface area (Å²) in [4.78, 5) is 12.7. The van der Waals surface area contributed by atoms with E-state index in [9.17, 15) is 20.4 Å². The molecule has 4 rings (SSSR count). The van der Waals surface area contributed by atoms with Gasteiger partial charge in [-0.1, -0.05) is 0 Å². The molecule has 0 radical (unpaired) electrons. The van der Waals surface area contributed by atoms with Crippen molar-refractivity contribution < 1.29 is 39.4 Å². The monoisotopic (exact) mass is 463 g/mol.